The SMILES string of the molecule is C=CC(N)=O.C=COP(=O)(O)O. The first kappa shape index (κ1) is 13.5. The van der Waals surface area contributed by atoms with Gasteiger partial charge in [-0.15, -0.1) is 0 Å². The molecule has 0 saturated heterocycles. The Morgan fingerprint density at radius 3 is 1.83 bits per heavy atom. The Hall–Kier alpha value is -1.10. The van der Waals surface area contributed by atoms with Gasteiger partial charge in [-0.2, -0.15) is 0 Å². The number of nitrogens with two attached hydrogens (primary N) is 1. The highest BCUT2D eigenvalue weighted by molar-refractivity contribution is 7.46. The van der Waals surface area contributed by atoms with Crippen LogP contribution in [0.25, 0.3) is 0 Å². The third-order valence-electron chi connectivity index (χ3n) is 0.413. The van der Waals surface area contributed by atoms with Crippen molar-refractivity contribution >= 4 is 13.7 Å². The van der Waals surface area contributed by atoms with Gasteiger partial charge in [-0.3, -0.25) is 14.6 Å². The van der Waals surface area contributed by atoms with E-state index >= 15 is 0 Å². The number of hydrogen-bond acceptors (Lipinski definition) is 3. The molecule has 0 aromatic carbocycles. The van der Waals surface area contributed by atoms with Crippen molar-refractivity contribution in [2.45, 2.75) is 0 Å². The second kappa shape index (κ2) is 6.60. The van der Waals surface area contributed by atoms with Crippen LogP contribution in [0.4, 0.5) is 0 Å². The largest absolute Gasteiger partial charge is 0.524 e. The lowest BCUT2D eigenvalue weighted by atomic mass is 10.6. The minimum Gasteiger partial charge on any atom is -0.413 e. The maximum atomic E-state index is 9.63. The smallest absolute Gasteiger partial charge is 0.413 e. The molecule has 0 aromatic rings. The van der Waals surface area contributed by atoms with Crippen molar-refractivity contribution in [3.8, 4) is 0 Å². The Morgan fingerprint density at radius 2 is 1.83 bits per heavy atom. The summed E-state index contributed by atoms with van der Waals surface area (Å²) in [6, 6.07) is 0. The van der Waals surface area contributed by atoms with Gasteiger partial charge in [-0.05, 0) is 6.08 Å². The molecule has 70 valence electrons. The predicted molar refractivity (Wildman–Crippen MR) is 42.7 cm³/mol. The molecule has 0 rings (SSSR count). The summed E-state index contributed by atoms with van der Waals surface area (Å²) in [6.07, 6.45) is 1.75. The van der Waals surface area contributed by atoms with E-state index in [1.807, 2.05) is 0 Å². The summed E-state index contributed by atoms with van der Waals surface area (Å²) in [6.45, 7) is 6.02. The summed E-state index contributed by atoms with van der Waals surface area (Å²) < 4.78 is 13.3. The predicted octanol–water partition coefficient (Wildman–Crippen LogP) is -0.103. The minimum atomic E-state index is -4.28. The Balaban J connectivity index is 0. The van der Waals surface area contributed by atoms with E-state index in [-0.39, 0.29) is 0 Å². The van der Waals surface area contributed by atoms with Crippen LogP contribution < -0.4 is 5.73 Å². The van der Waals surface area contributed by atoms with Crippen LogP contribution in [0.3, 0.4) is 0 Å². The molecule has 12 heavy (non-hydrogen) atoms. The van der Waals surface area contributed by atoms with E-state index in [0.29, 0.717) is 6.26 Å². The minimum absolute atomic E-state index is 0.481. The number of phosphoric ester groups is 1. The Kier molecular flexibility index (Phi) is 7.42. The highest BCUT2D eigenvalue weighted by Gasteiger charge is 2.10. The molecule has 0 aliphatic rings. The van der Waals surface area contributed by atoms with Crippen LogP contribution in [0, 0.1) is 0 Å². The number of phosphoric acid groups is 1. The number of carbonyl (C=O) groups excluding carboxylic acids is 1. The molecule has 0 bridgehead atoms. The molecule has 0 aliphatic carbocycles. The molecule has 6 nitrogen and oxygen atoms in total. The second-order valence-electron chi connectivity index (χ2n) is 1.37. The first-order chi connectivity index (χ1) is 5.33. The molecule has 0 saturated carbocycles. The summed E-state index contributed by atoms with van der Waals surface area (Å²) in [5.74, 6) is -0.481. The van der Waals surface area contributed by atoms with E-state index in [0.717, 1.165) is 6.08 Å². The Labute approximate surface area is 69.6 Å². The zero-order valence-corrected chi connectivity index (χ0v) is 7.11. The molecule has 0 aromatic heterocycles. The summed E-state index contributed by atoms with van der Waals surface area (Å²) >= 11 is 0. The molecule has 4 N–H and O–H groups in total. The van der Waals surface area contributed by atoms with Gasteiger partial charge in [0.25, 0.3) is 0 Å². The van der Waals surface area contributed by atoms with E-state index in [1.54, 1.807) is 0 Å². The maximum Gasteiger partial charge on any atom is 0.524 e. The number of hydrogen-bond donors (Lipinski definition) is 3. The first-order valence-corrected chi connectivity index (χ1v) is 4.13. The van der Waals surface area contributed by atoms with Gasteiger partial charge >= 0.3 is 7.82 Å². The van der Waals surface area contributed by atoms with Gasteiger partial charge in [0.15, 0.2) is 0 Å². The van der Waals surface area contributed by atoms with Crippen molar-refractivity contribution < 1.29 is 23.7 Å². The highest BCUT2D eigenvalue weighted by atomic mass is 31.2. The lowest BCUT2D eigenvalue weighted by molar-refractivity contribution is -0.113. The average Bonchev–Trinajstić information content (AvgIpc) is 1.86. The molecule has 1 amide bonds. The molecular formula is C5H10NO5P. The van der Waals surface area contributed by atoms with E-state index in [1.165, 1.54) is 0 Å². The van der Waals surface area contributed by atoms with Crippen LogP contribution in [-0.2, 0) is 13.9 Å². The van der Waals surface area contributed by atoms with Crippen molar-refractivity contribution in [2.24, 2.45) is 5.73 Å². The van der Waals surface area contributed by atoms with Crippen molar-refractivity contribution in [3.63, 3.8) is 0 Å². The van der Waals surface area contributed by atoms with Gasteiger partial charge in [0, 0.05) is 0 Å². The molecule has 0 spiro atoms. The zero-order chi connectivity index (χ0) is 10.2. The van der Waals surface area contributed by atoms with Crippen molar-refractivity contribution in [1.29, 1.82) is 0 Å². The van der Waals surface area contributed by atoms with Gasteiger partial charge in [0.1, 0.15) is 0 Å². The topological polar surface area (TPSA) is 110 Å². The summed E-state index contributed by atoms with van der Waals surface area (Å²) in [7, 11) is -4.28. The van der Waals surface area contributed by atoms with Crippen LogP contribution in [0.5, 0.6) is 0 Å². The van der Waals surface area contributed by atoms with E-state index in [4.69, 9.17) is 9.79 Å². The Bertz CT molecular complexity index is 208. The fourth-order valence-electron chi connectivity index (χ4n) is 0.0971. The quantitative estimate of drug-likeness (QED) is 0.331. The molecule has 0 unspecified atom stereocenters. The van der Waals surface area contributed by atoms with Gasteiger partial charge in [0.05, 0.1) is 6.26 Å². The van der Waals surface area contributed by atoms with Gasteiger partial charge in [-0.1, -0.05) is 13.2 Å². The Morgan fingerprint density at radius 1 is 1.50 bits per heavy atom. The summed E-state index contributed by atoms with van der Waals surface area (Å²) in [5.41, 5.74) is 4.53. The fourth-order valence-corrected chi connectivity index (χ4v) is 0.291. The fraction of sp³-hybridized carbons (Fsp3) is 0. The molecule has 0 radical (unpaired) electrons. The molecule has 7 heteroatoms. The number of carbonyl (C=O) groups is 1. The van der Waals surface area contributed by atoms with E-state index in [2.05, 4.69) is 23.4 Å². The van der Waals surface area contributed by atoms with Crippen LogP contribution in [-0.4, -0.2) is 15.7 Å². The summed E-state index contributed by atoms with van der Waals surface area (Å²) in [5, 5.41) is 0. The number of rotatable bonds is 3. The second-order valence-corrected chi connectivity index (χ2v) is 2.56. The highest BCUT2D eigenvalue weighted by Crippen LogP contribution is 2.35. The van der Waals surface area contributed by atoms with Crippen molar-refractivity contribution in [2.75, 3.05) is 0 Å². The number of amides is 1. The van der Waals surface area contributed by atoms with Crippen LogP contribution in [0.15, 0.2) is 25.5 Å². The maximum absolute atomic E-state index is 9.63. The molecular weight excluding hydrogens is 185 g/mol. The lowest BCUT2D eigenvalue weighted by Crippen LogP contribution is -2.04. The van der Waals surface area contributed by atoms with Crippen LogP contribution in [0.1, 0.15) is 0 Å². The van der Waals surface area contributed by atoms with E-state index < -0.39 is 13.7 Å². The van der Waals surface area contributed by atoms with Crippen molar-refractivity contribution in [1.82, 2.24) is 0 Å². The third kappa shape index (κ3) is 23.1. The number of primary amides is 1. The van der Waals surface area contributed by atoms with Crippen molar-refractivity contribution in [3.05, 3.63) is 25.5 Å². The van der Waals surface area contributed by atoms with Gasteiger partial charge < -0.3 is 10.3 Å². The molecule has 0 heterocycles. The zero-order valence-electron chi connectivity index (χ0n) is 6.21. The van der Waals surface area contributed by atoms with Gasteiger partial charge in [-0.25, -0.2) is 4.57 Å². The third-order valence-corrected chi connectivity index (χ3v) is 0.837. The van der Waals surface area contributed by atoms with E-state index in [9.17, 15) is 9.36 Å². The van der Waals surface area contributed by atoms with Crippen LogP contribution >= 0.6 is 7.82 Å². The normalized spacial score (nSPS) is 8.83. The van der Waals surface area contributed by atoms with Gasteiger partial charge in [0.2, 0.25) is 5.91 Å². The van der Waals surface area contributed by atoms with Crippen LogP contribution in [0.2, 0.25) is 0 Å². The average molecular weight is 195 g/mol. The lowest BCUT2D eigenvalue weighted by Gasteiger charge is -1.96. The monoisotopic (exact) mass is 195 g/mol. The molecule has 0 aliphatic heterocycles. The standard InChI is InChI=1S/C3H5NO.C2H5O4P/c1-2-3(4)5;1-2-6-7(3,4)5/h2H,1H2,(H2,4,5);2H,1H2,(H2,3,4,5). The first-order valence-electron chi connectivity index (χ1n) is 2.60. The molecule has 0 fully saturated rings. The molecule has 0 atom stereocenters. The summed E-state index contributed by atoms with van der Waals surface area (Å²) in [4.78, 5) is 25.1.